The summed E-state index contributed by atoms with van der Waals surface area (Å²) in [5.41, 5.74) is -1.98. The van der Waals surface area contributed by atoms with Crippen LogP contribution >= 0.6 is 0 Å². The number of esters is 1. The van der Waals surface area contributed by atoms with Crippen LogP contribution in [0.15, 0.2) is 120 Å². The zero-order valence-electron chi connectivity index (χ0n) is 25.1. The Hall–Kier alpha value is -6.08. The highest BCUT2D eigenvalue weighted by Gasteiger charge is 2.78. The third-order valence-corrected chi connectivity index (χ3v) is 10.3. The number of fused-ring (bicyclic) bond motifs is 11. The lowest BCUT2D eigenvalue weighted by Gasteiger charge is -2.50. The van der Waals surface area contributed by atoms with E-state index < -0.39 is 45.7 Å². The molecule has 0 fully saturated rings. The molecule has 0 N–H and O–H groups in total. The number of ether oxygens (including phenoxy) is 1. The first-order chi connectivity index (χ1) is 22.7. The quantitative estimate of drug-likeness (QED) is 0.107. The van der Waals surface area contributed by atoms with Crippen LogP contribution in [0, 0.1) is 5.41 Å². The Balaban J connectivity index is 1.60. The van der Waals surface area contributed by atoms with Crippen molar-refractivity contribution in [1.82, 2.24) is 0 Å². The Morgan fingerprint density at radius 2 is 0.979 bits per heavy atom. The van der Waals surface area contributed by atoms with Gasteiger partial charge in [0.2, 0.25) is 0 Å². The summed E-state index contributed by atoms with van der Waals surface area (Å²) in [4.78, 5) is 88.0. The van der Waals surface area contributed by atoms with Crippen LogP contribution in [0.2, 0.25) is 0 Å². The summed E-state index contributed by atoms with van der Waals surface area (Å²) in [6.45, 7) is 2.63. The Morgan fingerprint density at radius 3 is 1.57 bits per heavy atom. The van der Waals surface area contributed by atoms with Crippen LogP contribution in [-0.2, 0) is 14.9 Å². The van der Waals surface area contributed by atoms with Gasteiger partial charge in [-0.15, -0.1) is 0 Å². The summed E-state index contributed by atoms with van der Waals surface area (Å²) in [6.07, 6.45) is 0. The first-order valence-electron chi connectivity index (χ1n) is 15.2. The van der Waals surface area contributed by atoms with Crippen LogP contribution in [0.3, 0.4) is 0 Å². The smallest absolute Gasteiger partial charge is 0.307 e. The van der Waals surface area contributed by atoms with Crippen LogP contribution < -0.4 is 0 Å². The zero-order chi connectivity index (χ0) is 32.6. The van der Waals surface area contributed by atoms with Gasteiger partial charge < -0.3 is 4.74 Å². The van der Waals surface area contributed by atoms with E-state index in [1.165, 1.54) is 13.8 Å². The number of carbonyl (C=O) groups excluding carboxylic acids is 6. The van der Waals surface area contributed by atoms with Crippen LogP contribution in [-0.4, -0.2) is 34.9 Å². The highest BCUT2D eigenvalue weighted by molar-refractivity contribution is 6.48. The summed E-state index contributed by atoms with van der Waals surface area (Å²) < 4.78 is 5.66. The summed E-state index contributed by atoms with van der Waals surface area (Å²) in [5, 5.41) is 0. The first kappa shape index (κ1) is 27.2. The lowest BCUT2D eigenvalue weighted by molar-refractivity contribution is -0.136. The maximum Gasteiger partial charge on any atom is 0.307 e. The molecule has 0 saturated carbocycles. The predicted molar refractivity (Wildman–Crippen MR) is 170 cm³/mol. The average molecular weight is 615 g/mol. The largest absolute Gasteiger partial charge is 0.431 e. The average Bonchev–Trinajstić information content (AvgIpc) is 3.71. The number of benzene rings is 4. The summed E-state index contributed by atoms with van der Waals surface area (Å²) >= 11 is 0. The minimum absolute atomic E-state index is 0.0204. The van der Waals surface area contributed by atoms with Crippen molar-refractivity contribution in [2.24, 2.45) is 5.41 Å². The van der Waals surface area contributed by atoms with E-state index in [0.717, 1.165) is 0 Å². The molecule has 7 heteroatoms. The maximum atomic E-state index is 15.5. The summed E-state index contributed by atoms with van der Waals surface area (Å²) in [6, 6.07) is 26.6. The molecule has 0 amide bonds. The summed E-state index contributed by atoms with van der Waals surface area (Å²) in [5.74, 6) is -3.63. The second-order valence-electron chi connectivity index (χ2n) is 12.4. The van der Waals surface area contributed by atoms with Crippen molar-refractivity contribution in [3.8, 4) is 0 Å². The van der Waals surface area contributed by atoms with Crippen molar-refractivity contribution in [2.45, 2.75) is 19.3 Å². The summed E-state index contributed by atoms with van der Waals surface area (Å²) in [7, 11) is 0. The van der Waals surface area contributed by atoms with Gasteiger partial charge in [-0.25, -0.2) is 0 Å². The molecule has 1 unspecified atom stereocenters. The molecule has 5 aliphatic carbocycles. The fraction of sp³-hybridized carbons (Fsp3) is 0.100. The fourth-order valence-electron chi connectivity index (χ4n) is 8.93. The van der Waals surface area contributed by atoms with Gasteiger partial charge in [0.25, 0.3) is 0 Å². The Morgan fingerprint density at radius 1 is 0.489 bits per heavy atom. The topological polar surface area (TPSA) is 112 Å². The molecule has 0 bridgehead atoms. The molecule has 0 heterocycles. The van der Waals surface area contributed by atoms with Crippen LogP contribution in [0.25, 0.3) is 11.1 Å². The maximum absolute atomic E-state index is 15.5. The van der Waals surface area contributed by atoms with Gasteiger partial charge in [-0.2, -0.15) is 0 Å². The van der Waals surface area contributed by atoms with Gasteiger partial charge >= 0.3 is 5.97 Å². The normalized spacial score (nSPS) is 22.0. The molecule has 0 radical (unpaired) electrons. The molecule has 2 spiro atoms. The number of ketones is 5. The van der Waals surface area contributed by atoms with Gasteiger partial charge in [-0.3, -0.25) is 28.8 Å². The van der Waals surface area contributed by atoms with E-state index in [1.54, 1.807) is 97.1 Å². The molecule has 0 aliphatic heterocycles. The fourth-order valence-corrected chi connectivity index (χ4v) is 8.93. The second-order valence-corrected chi connectivity index (χ2v) is 12.4. The van der Waals surface area contributed by atoms with Gasteiger partial charge in [0.05, 0.1) is 11.0 Å². The van der Waals surface area contributed by atoms with E-state index in [2.05, 4.69) is 0 Å². The molecule has 47 heavy (non-hydrogen) atoms. The van der Waals surface area contributed by atoms with E-state index in [9.17, 15) is 14.4 Å². The second kappa shape index (κ2) is 8.79. The van der Waals surface area contributed by atoms with E-state index >= 15 is 14.4 Å². The van der Waals surface area contributed by atoms with Crippen molar-refractivity contribution in [2.75, 3.05) is 0 Å². The number of rotatable bonds is 1. The number of allylic oxidation sites excluding steroid dienone is 6. The van der Waals surface area contributed by atoms with Crippen molar-refractivity contribution in [3.63, 3.8) is 0 Å². The van der Waals surface area contributed by atoms with Crippen molar-refractivity contribution < 1.29 is 33.5 Å². The molecule has 7 nitrogen and oxygen atoms in total. The molecule has 4 aromatic carbocycles. The number of Topliss-reactive ketones (excluding diaryl/α,β-unsaturated/α-hetero) is 5. The van der Waals surface area contributed by atoms with E-state index in [0.29, 0.717) is 11.1 Å². The Bertz CT molecular complexity index is 2380. The van der Waals surface area contributed by atoms with E-state index in [-0.39, 0.29) is 67.0 Å². The number of hydrogen-bond acceptors (Lipinski definition) is 7. The van der Waals surface area contributed by atoms with Crippen molar-refractivity contribution >= 4 is 46.0 Å². The van der Waals surface area contributed by atoms with Gasteiger partial charge in [-0.1, -0.05) is 97.1 Å². The molecule has 0 aromatic heterocycles. The standard InChI is InChI=1S/C40H22O7/c1-19(47-20(2)41)31-36(44)27-17-9-10-18-28(27)39(31)33-29(21-11-3-5-13-23(21)35(33)43)30-32(22-12-4-6-14-24(22)34(30)42)40(39)37(45)25-15-7-8-16-26(25)38(40)46/h3-18H,1-2H3/b31-19+. The molecular weight excluding hydrogens is 592 g/mol. The van der Waals surface area contributed by atoms with Gasteiger partial charge in [0, 0.05) is 51.5 Å². The SMILES string of the molecule is CC(=O)O/C(C)=C1\C(=O)c2ccccc2C12C1=C(C3=C(c4ccccc4C3=O)C23C(=O)c2ccccc2C3=O)c2ccccc2C1=O. The monoisotopic (exact) mass is 614 g/mol. The highest BCUT2D eigenvalue weighted by atomic mass is 16.5. The van der Waals surface area contributed by atoms with E-state index in [1.807, 2.05) is 0 Å². The van der Waals surface area contributed by atoms with E-state index in [4.69, 9.17) is 4.74 Å². The Labute approximate surface area is 267 Å². The molecule has 9 rings (SSSR count). The van der Waals surface area contributed by atoms with Crippen LogP contribution in [0.1, 0.15) is 82.3 Å². The highest BCUT2D eigenvalue weighted by Crippen LogP contribution is 2.73. The lowest BCUT2D eigenvalue weighted by Crippen LogP contribution is -2.58. The van der Waals surface area contributed by atoms with Gasteiger partial charge in [0.1, 0.15) is 11.2 Å². The number of carbonyl (C=O) groups is 6. The van der Waals surface area contributed by atoms with Crippen molar-refractivity contribution in [3.05, 3.63) is 164 Å². The molecular formula is C40H22O7. The number of hydrogen-bond donors (Lipinski definition) is 0. The third kappa shape index (κ3) is 2.81. The molecule has 5 aliphatic rings. The minimum Gasteiger partial charge on any atom is -0.431 e. The molecule has 4 aromatic rings. The lowest BCUT2D eigenvalue weighted by atomic mass is 9.46. The predicted octanol–water partition coefficient (Wildman–Crippen LogP) is 6.34. The molecule has 224 valence electrons. The van der Waals surface area contributed by atoms with Gasteiger partial charge in [-0.05, 0) is 29.2 Å². The first-order valence-corrected chi connectivity index (χ1v) is 15.2. The van der Waals surface area contributed by atoms with Crippen molar-refractivity contribution in [1.29, 1.82) is 0 Å². The Kier molecular flexibility index (Phi) is 5.10. The van der Waals surface area contributed by atoms with Crippen LogP contribution in [0.5, 0.6) is 0 Å². The molecule has 0 saturated heterocycles. The zero-order valence-corrected chi connectivity index (χ0v) is 25.1. The van der Waals surface area contributed by atoms with Crippen LogP contribution in [0.4, 0.5) is 0 Å². The van der Waals surface area contributed by atoms with Gasteiger partial charge in [0.15, 0.2) is 28.9 Å². The molecule has 1 atom stereocenters. The minimum atomic E-state index is -2.32. The third-order valence-electron chi connectivity index (χ3n) is 10.3.